The van der Waals surface area contributed by atoms with Gasteiger partial charge in [-0.05, 0) is 76.3 Å². The van der Waals surface area contributed by atoms with E-state index in [1.54, 1.807) is 0 Å². The van der Waals surface area contributed by atoms with Gasteiger partial charge in [-0.3, -0.25) is 4.79 Å². The summed E-state index contributed by atoms with van der Waals surface area (Å²) in [5.74, 6) is 2.18. The molecule has 0 heterocycles. The third-order valence-corrected chi connectivity index (χ3v) is 9.63. The first-order chi connectivity index (χ1) is 20.6. The molecule has 250 valence electrons. The van der Waals surface area contributed by atoms with E-state index in [0.29, 0.717) is 6.42 Å². The SMILES string of the molecule is CCCCCCC(CCCCC)OC(=O)CCCCCCCN(CCO)CCCCCCCCC1CC1CCCCC. The Morgan fingerprint density at radius 2 is 1.07 bits per heavy atom. The number of hydrogen-bond donors (Lipinski definition) is 1. The Morgan fingerprint density at radius 3 is 1.67 bits per heavy atom. The van der Waals surface area contributed by atoms with Crippen LogP contribution in [0.2, 0.25) is 0 Å². The molecule has 4 heteroatoms. The van der Waals surface area contributed by atoms with Crippen LogP contribution >= 0.6 is 0 Å². The van der Waals surface area contributed by atoms with Gasteiger partial charge in [0, 0.05) is 13.0 Å². The topological polar surface area (TPSA) is 49.8 Å². The van der Waals surface area contributed by atoms with Gasteiger partial charge in [-0.1, -0.05) is 136 Å². The lowest BCUT2D eigenvalue weighted by Gasteiger charge is -2.21. The number of ether oxygens (including phenoxy) is 1. The summed E-state index contributed by atoms with van der Waals surface area (Å²) >= 11 is 0. The molecule has 3 atom stereocenters. The van der Waals surface area contributed by atoms with Gasteiger partial charge < -0.3 is 14.7 Å². The first kappa shape index (κ1) is 39.4. The van der Waals surface area contributed by atoms with E-state index in [1.165, 1.54) is 141 Å². The summed E-state index contributed by atoms with van der Waals surface area (Å²) in [4.78, 5) is 14.9. The van der Waals surface area contributed by atoms with Gasteiger partial charge in [-0.15, -0.1) is 0 Å². The maximum Gasteiger partial charge on any atom is 0.306 e. The van der Waals surface area contributed by atoms with Gasteiger partial charge in [-0.2, -0.15) is 0 Å². The van der Waals surface area contributed by atoms with Crippen LogP contribution in [0.1, 0.15) is 194 Å². The monoisotopic (exact) mass is 594 g/mol. The van der Waals surface area contributed by atoms with Gasteiger partial charge in [0.1, 0.15) is 6.10 Å². The minimum Gasteiger partial charge on any atom is -0.462 e. The molecule has 0 amide bonds. The minimum atomic E-state index is 0.0236. The van der Waals surface area contributed by atoms with E-state index in [0.717, 1.165) is 57.2 Å². The van der Waals surface area contributed by atoms with Crippen molar-refractivity contribution in [3.05, 3.63) is 0 Å². The number of aliphatic hydroxyl groups excluding tert-OH is 1. The number of esters is 1. The van der Waals surface area contributed by atoms with Crippen LogP contribution in [-0.2, 0) is 9.53 Å². The van der Waals surface area contributed by atoms with Crippen LogP contribution in [0.3, 0.4) is 0 Å². The van der Waals surface area contributed by atoms with Crippen molar-refractivity contribution < 1.29 is 14.6 Å². The Hall–Kier alpha value is -0.610. The molecule has 0 aromatic heterocycles. The first-order valence-electron chi connectivity index (χ1n) is 19.2. The molecule has 1 aliphatic rings. The summed E-state index contributed by atoms with van der Waals surface area (Å²) in [5, 5.41) is 9.50. The number of unbranched alkanes of at least 4 members (excludes halogenated alkanes) is 16. The molecule has 0 spiro atoms. The van der Waals surface area contributed by atoms with E-state index in [9.17, 15) is 9.90 Å². The molecule has 42 heavy (non-hydrogen) atoms. The van der Waals surface area contributed by atoms with Crippen molar-refractivity contribution in [2.24, 2.45) is 11.8 Å². The molecule has 1 N–H and O–H groups in total. The van der Waals surface area contributed by atoms with E-state index in [1.807, 2.05) is 0 Å². The average Bonchev–Trinajstić information content (AvgIpc) is 3.74. The van der Waals surface area contributed by atoms with Gasteiger partial charge in [0.05, 0.1) is 6.61 Å². The standard InChI is InChI=1S/C38H75NO3/c1-4-7-10-21-28-37(27-19-9-6-3)42-38(41)29-22-15-13-17-24-31-39(32-33-40)30-23-16-12-11-14-20-26-36-34-35(36)25-18-8-5-2/h35-37,40H,4-34H2,1-3H3. The molecular weight excluding hydrogens is 518 g/mol. The lowest BCUT2D eigenvalue weighted by Crippen LogP contribution is -2.29. The molecule has 4 nitrogen and oxygen atoms in total. The molecule has 0 aromatic carbocycles. The summed E-state index contributed by atoms with van der Waals surface area (Å²) in [7, 11) is 0. The largest absolute Gasteiger partial charge is 0.462 e. The minimum absolute atomic E-state index is 0.0236. The molecule has 1 rings (SSSR count). The molecule has 1 saturated carbocycles. The number of hydrogen-bond acceptors (Lipinski definition) is 4. The van der Waals surface area contributed by atoms with Crippen LogP contribution in [0.25, 0.3) is 0 Å². The smallest absolute Gasteiger partial charge is 0.306 e. The fourth-order valence-corrected chi connectivity index (χ4v) is 6.66. The summed E-state index contributed by atoms with van der Waals surface area (Å²) in [6, 6.07) is 0. The summed E-state index contributed by atoms with van der Waals surface area (Å²) < 4.78 is 5.90. The predicted octanol–water partition coefficient (Wildman–Crippen LogP) is 11.0. The van der Waals surface area contributed by atoms with E-state index in [4.69, 9.17) is 4.74 Å². The van der Waals surface area contributed by atoms with Crippen LogP contribution in [0.5, 0.6) is 0 Å². The quantitative estimate of drug-likeness (QED) is 0.0607. The van der Waals surface area contributed by atoms with Crippen molar-refractivity contribution >= 4 is 5.97 Å². The van der Waals surface area contributed by atoms with Gasteiger partial charge in [-0.25, -0.2) is 0 Å². The highest BCUT2D eigenvalue weighted by atomic mass is 16.5. The third-order valence-electron chi connectivity index (χ3n) is 9.63. The highest BCUT2D eigenvalue weighted by molar-refractivity contribution is 5.69. The van der Waals surface area contributed by atoms with Gasteiger partial charge >= 0.3 is 5.97 Å². The van der Waals surface area contributed by atoms with Crippen LogP contribution in [-0.4, -0.2) is 48.3 Å². The van der Waals surface area contributed by atoms with E-state index in [2.05, 4.69) is 25.7 Å². The second kappa shape index (κ2) is 29.1. The molecule has 0 aromatic rings. The van der Waals surface area contributed by atoms with E-state index in [-0.39, 0.29) is 18.7 Å². The maximum absolute atomic E-state index is 12.5. The van der Waals surface area contributed by atoms with Crippen LogP contribution in [0.4, 0.5) is 0 Å². The van der Waals surface area contributed by atoms with Crippen molar-refractivity contribution in [1.29, 1.82) is 0 Å². The number of carbonyl (C=O) groups excluding carboxylic acids is 1. The number of carbonyl (C=O) groups is 1. The van der Waals surface area contributed by atoms with E-state index < -0.39 is 0 Å². The highest BCUT2D eigenvalue weighted by Gasteiger charge is 2.34. The summed E-state index contributed by atoms with van der Waals surface area (Å²) in [6.45, 7) is 10.1. The first-order valence-corrected chi connectivity index (χ1v) is 19.2. The van der Waals surface area contributed by atoms with E-state index >= 15 is 0 Å². The lowest BCUT2D eigenvalue weighted by atomic mass is 10.0. The number of aliphatic hydroxyl groups is 1. The maximum atomic E-state index is 12.5. The summed E-state index contributed by atoms with van der Waals surface area (Å²) in [6.07, 6.45) is 34.1. The molecule has 3 unspecified atom stereocenters. The van der Waals surface area contributed by atoms with Crippen LogP contribution in [0, 0.1) is 11.8 Å². The Morgan fingerprint density at radius 1 is 0.619 bits per heavy atom. The predicted molar refractivity (Wildman–Crippen MR) is 182 cm³/mol. The molecular formula is C38H75NO3. The Bertz CT molecular complexity index is 583. The molecule has 0 radical (unpaired) electrons. The van der Waals surface area contributed by atoms with Crippen molar-refractivity contribution in [3.8, 4) is 0 Å². The summed E-state index contributed by atoms with van der Waals surface area (Å²) in [5.41, 5.74) is 0. The number of nitrogens with zero attached hydrogens (tertiary/aromatic N) is 1. The normalized spacial score (nSPS) is 17.2. The van der Waals surface area contributed by atoms with Crippen molar-refractivity contribution in [2.75, 3.05) is 26.2 Å². The Balaban J connectivity index is 2.00. The Labute approximate surface area is 263 Å². The molecule has 0 saturated heterocycles. The zero-order chi connectivity index (χ0) is 30.5. The van der Waals surface area contributed by atoms with Gasteiger partial charge in [0.2, 0.25) is 0 Å². The zero-order valence-corrected chi connectivity index (χ0v) is 28.9. The van der Waals surface area contributed by atoms with Crippen LogP contribution < -0.4 is 0 Å². The fourth-order valence-electron chi connectivity index (χ4n) is 6.66. The second-order valence-electron chi connectivity index (χ2n) is 13.7. The molecule has 1 aliphatic carbocycles. The van der Waals surface area contributed by atoms with Crippen LogP contribution in [0.15, 0.2) is 0 Å². The van der Waals surface area contributed by atoms with Crippen molar-refractivity contribution in [1.82, 2.24) is 4.90 Å². The molecule has 0 bridgehead atoms. The number of rotatable bonds is 33. The lowest BCUT2D eigenvalue weighted by molar-refractivity contribution is -0.150. The van der Waals surface area contributed by atoms with Crippen molar-refractivity contribution in [3.63, 3.8) is 0 Å². The van der Waals surface area contributed by atoms with Gasteiger partial charge in [0.25, 0.3) is 0 Å². The second-order valence-corrected chi connectivity index (χ2v) is 13.7. The van der Waals surface area contributed by atoms with Gasteiger partial charge in [0.15, 0.2) is 0 Å². The Kier molecular flexibility index (Phi) is 27.3. The fraction of sp³-hybridized carbons (Fsp3) is 0.974. The zero-order valence-electron chi connectivity index (χ0n) is 28.9. The average molecular weight is 594 g/mol. The highest BCUT2D eigenvalue weighted by Crippen LogP contribution is 2.45. The molecule has 1 fully saturated rings. The third kappa shape index (κ3) is 23.8. The van der Waals surface area contributed by atoms with Crippen molar-refractivity contribution in [2.45, 2.75) is 200 Å². The molecule has 0 aliphatic heterocycles.